The monoisotopic (exact) mass is 377 g/mol. The van der Waals surface area contributed by atoms with E-state index in [1.165, 1.54) is 0 Å². The molecule has 3 fully saturated rings. The van der Waals surface area contributed by atoms with Gasteiger partial charge >= 0.3 is 0 Å². The van der Waals surface area contributed by atoms with Crippen molar-refractivity contribution in [1.29, 1.82) is 0 Å². The fourth-order valence-electron chi connectivity index (χ4n) is 3.87. The van der Waals surface area contributed by atoms with Gasteiger partial charge in [0.15, 0.2) is 5.69 Å². The molecule has 2 bridgehead atoms. The fourth-order valence-corrected chi connectivity index (χ4v) is 4.50. The minimum absolute atomic E-state index is 0.0106. The predicted molar refractivity (Wildman–Crippen MR) is 99.6 cm³/mol. The number of H-pyrrole nitrogens is 1. The van der Waals surface area contributed by atoms with E-state index in [0.29, 0.717) is 28.2 Å². The summed E-state index contributed by atoms with van der Waals surface area (Å²) in [5, 5.41) is 10.7. The lowest BCUT2D eigenvalue weighted by Gasteiger charge is -2.44. The number of nitrogens with zero attached hydrogens (tertiary/aromatic N) is 2. The van der Waals surface area contributed by atoms with Gasteiger partial charge < -0.3 is 10.2 Å². The van der Waals surface area contributed by atoms with Crippen molar-refractivity contribution in [3.63, 3.8) is 0 Å². The second kappa shape index (κ2) is 6.55. The van der Waals surface area contributed by atoms with Gasteiger partial charge in [-0.1, -0.05) is 0 Å². The number of hydrogen-bond donors (Lipinski definition) is 3. The molecule has 0 saturated carbocycles. The third-order valence-electron chi connectivity index (χ3n) is 5.40. The largest absolute Gasteiger partial charge is 0.346 e. The number of aromatic nitrogens is 2. The zero-order chi connectivity index (χ0) is 18.3. The average molecular weight is 377 g/mol. The summed E-state index contributed by atoms with van der Waals surface area (Å²) in [5.74, 6) is 0.301. The van der Waals surface area contributed by atoms with Crippen molar-refractivity contribution in [2.45, 2.75) is 25.8 Å². The van der Waals surface area contributed by atoms with E-state index in [2.05, 4.69) is 25.1 Å². The fraction of sp³-hybridized carbons (Fsp3) is 0.529. The molecule has 1 atom stereocenters. The lowest BCUT2D eigenvalue weighted by Crippen LogP contribution is -2.57. The van der Waals surface area contributed by atoms with Gasteiger partial charge in [-0.2, -0.15) is 5.10 Å². The molecule has 0 unspecified atom stereocenters. The third-order valence-corrected chi connectivity index (χ3v) is 6.71. The molecule has 5 rings (SSSR count). The van der Waals surface area contributed by atoms with Crippen LogP contribution in [0.2, 0.25) is 0 Å². The maximum absolute atomic E-state index is 12.8. The highest BCUT2D eigenvalue weighted by Gasteiger charge is 2.35. The Balaban J connectivity index is 1.56. The Labute approximate surface area is 152 Å². The van der Waals surface area contributed by atoms with E-state index < -0.39 is 10.0 Å². The van der Waals surface area contributed by atoms with E-state index in [4.69, 9.17) is 0 Å². The maximum atomic E-state index is 12.8. The first-order valence-corrected chi connectivity index (χ1v) is 10.6. The molecule has 140 valence electrons. The summed E-state index contributed by atoms with van der Waals surface area (Å²) in [7, 11) is -3.37. The third kappa shape index (κ3) is 3.28. The summed E-state index contributed by atoms with van der Waals surface area (Å²) in [6.07, 6.45) is 2.24. The van der Waals surface area contributed by atoms with E-state index in [9.17, 15) is 13.2 Å². The minimum atomic E-state index is -3.37. The SMILES string of the molecule is CCS(=O)(=O)Nc1ccc2[nH]nc(C(=O)N[C@@H]3CN4CCC3CC4)c2c1. The van der Waals surface area contributed by atoms with Crippen LogP contribution in [0.5, 0.6) is 0 Å². The van der Waals surface area contributed by atoms with Crippen molar-refractivity contribution in [2.24, 2.45) is 5.92 Å². The first-order chi connectivity index (χ1) is 12.4. The van der Waals surface area contributed by atoms with Crippen LogP contribution in [-0.2, 0) is 10.0 Å². The summed E-state index contributed by atoms with van der Waals surface area (Å²) in [4.78, 5) is 15.1. The molecule has 9 heteroatoms. The van der Waals surface area contributed by atoms with Crippen LogP contribution in [0.3, 0.4) is 0 Å². The number of rotatable bonds is 5. The van der Waals surface area contributed by atoms with Crippen LogP contribution >= 0.6 is 0 Å². The molecule has 0 radical (unpaired) electrons. The molecule has 3 N–H and O–H groups in total. The zero-order valence-corrected chi connectivity index (χ0v) is 15.5. The lowest BCUT2D eigenvalue weighted by molar-refractivity contribution is 0.0618. The Kier molecular flexibility index (Phi) is 4.36. The van der Waals surface area contributed by atoms with Gasteiger partial charge in [-0.15, -0.1) is 0 Å². The standard InChI is InChI=1S/C17H23N5O3S/c1-2-26(24,25)21-12-3-4-14-13(9-12)16(20-19-14)17(23)18-15-10-22-7-5-11(15)6-8-22/h3-4,9,11,15,21H,2,5-8,10H2,1H3,(H,18,23)(H,19,20)/t15-/m1/s1. The summed E-state index contributed by atoms with van der Waals surface area (Å²) >= 11 is 0. The highest BCUT2D eigenvalue weighted by atomic mass is 32.2. The van der Waals surface area contributed by atoms with E-state index >= 15 is 0 Å². The van der Waals surface area contributed by atoms with Crippen LogP contribution in [0, 0.1) is 5.92 Å². The molecule has 1 aromatic carbocycles. The molecule has 1 aromatic heterocycles. The molecule has 3 aliphatic heterocycles. The van der Waals surface area contributed by atoms with Crippen molar-refractivity contribution >= 4 is 32.5 Å². The van der Waals surface area contributed by atoms with Crippen LogP contribution in [-0.4, -0.2) is 60.9 Å². The first-order valence-electron chi connectivity index (χ1n) is 8.97. The van der Waals surface area contributed by atoms with Gasteiger partial charge in [0.25, 0.3) is 5.91 Å². The molecule has 1 amide bonds. The Morgan fingerprint density at radius 2 is 2.12 bits per heavy atom. The average Bonchev–Trinajstić information content (AvgIpc) is 3.06. The van der Waals surface area contributed by atoms with Crippen molar-refractivity contribution < 1.29 is 13.2 Å². The summed E-state index contributed by atoms with van der Waals surface area (Å²) in [6, 6.07) is 5.18. The molecule has 8 nitrogen and oxygen atoms in total. The van der Waals surface area contributed by atoms with E-state index in [1.54, 1.807) is 25.1 Å². The molecule has 4 heterocycles. The number of sulfonamides is 1. The Bertz CT molecular complexity index is 931. The zero-order valence-electron chi connectivity index (χ0n) is 14.7. The molecule has 3 aliphatic rings. The van der Waals surface area contributed by atoms with Gasteiger partial charge in [0.1, 0.15) is 0 Å². The van der Waals surface area contributed by atoms with Gasteiger partial charge in [0.2, 0.25) is 10.0 Å². The van der Waals surface area contributed by atoms with Gasteiger partial charge in [0, 0.05) is 23.7 Å². The highest BCUT2D eigenvalue weighted by Crippen LogP contribution is 2.28. The second-order valence-corrected chi connectivity index (χ2v) is 9.07. The van der Waals surface area contributed by atoms with Crippen LogP contribution in [0.25, 0.3) is 10.9 Å². The highest BCUT2D eigenvalue weighted by molar-refractivity contribution is 7.92. The van der Waals surface area contributed by atoms with Gasteiger partial charge in [-0.3, -0.25) is 14.6 Å². The second-order valence-electron chi connectivity index (χ2n) is 7.06. The normalized spacial score (nSPS) is 25.3. The number of amides is 1. The smallest absolute Gasteiger partial charge is 0.272 e. The number of carbonyl (C=O) groups excluding carboxylic acids is 1. The Morgan fingerprint density at radius 1 is 1.35 bits per heavy atom. The van der Waals surface area contributed by atoms with Crippen LogP contribution in [0.15, 0.2) is 18.2 Å². The lowest BCUT2D eigenvalue weighted by atomic mass is 9.84. The number of nitrogens with one attached hydrogen (secondary N) is 3. The van der Waals surface area contributed by atoms with E-state index in [-0.39, 0.29) is 17.7 Å². The molecule has 26 heavy (non-hydrogen) atoms. The van der Waals surface area contributed by atoms with Gasteiger partial charge in [-0.05, 0) is 57.0 Å². The van der Waals surface area contributed by atoms with Crippen molar-refractivity contribution in [1.82, 2.24) is 20.4 Å². The minimum Gasteiger partial charge on any atom is -0.346 e. The van der Waals surface area contributed by atoms with Crippen LogP contribution < -0.4 is 10.0 Å². The Morgan fingerprint density at radius 3 is 2.77 bits per heavy atom. The number of piperidine rings is 3. The van der Waals surface area contributed by atoms with E-state index in [0.717, 1.165) is 32.5 Å². The van der Waals surface area contributed by atoms with Gasteiger partial charge in [-0.25, -0.2) is 8.42 Å². The summed E-state index contributed by atoms with van der Waals surface area (Å²) in [6.45, 7) is 4.69. The number of carbonyl (C=O) groups is 1. The quantitative estimate of drug-likeness (QED) is 0.725. The van der Waals surface area contributed by atoms with Crippen molar-refractivity contribution in [3.8, 4) is 0 Å². The Hall–Kier alpha value is -2.13. The van der Waals surface area contributed by atoms with E-state index in [1.807, 2.05) is 0 Å². The maximum Gasteiger partial charge on any atom is 0.272 e. The van der Waals surface area contributed by atoms with Crippen LogP contribution in [0.1, 0.15) is 30.3 Å². The number of benzene rings is 1. The number of aromatic amines is 1. The molecule has 3 saturated heterocycles. The summed E-state index contributed by atoms with van der Waals surface area (Å²) in [5.41, 5.74) is 1.43. The van der Waals surface area contributed by atoms with Gasteiger partial charge in [0.05, 0.1) is 11.3 Å². The molecular weight excluding hydrogens is 354 g/mol. The molecular formula is C17H23N5O3S. The molecule has 2 aromatic rings. The number of hydrogen-bond acceptors (Lipinski definition) is 5. The molecule has 0 spiro atoms. The topological polar surface area (TPSA) is 107 Å². The number of anilines is 1. The predicted octanol–water partition coefficient (Wildman–Crippen LogP) is 1.15. The first kappa shape index (κ1) is 17.3. The number of fused-ring (bicyclic) bond motifs is 4. The van der Waals surface area contributed by atoms with Crippen molar-refractivity contribution in [3.05, 3.63) is 23.9 Å². The van der Waals surface area contributed by atoms with Crippen LogP contribution in [0.4, 0.5) is 5.69 Å². The van der Waals surface area contributed by atoms with Crippen molar-refractivity contribution in [2.75, 3.05) is 30.1 Å². The summed E-state index contributed by atoms with van der Waals surface area (Å²) < 4.78 is 26.1. The molecule has 0 aliphatic carbocycles.